The topological polar surface area (TPSA) is 94.6 Å². The molecule has 0 bridgehead atoms. The van der Waals surface area contributed by atoms with Crippen LogP contribution in [0.2, 0.25) is 5.02 Å². The van der Waals surface area contributed by atoms with E-state index in [1.165, 1.54) is 24.6 Å². The van der Waals surface area contributed by atoms with Crippen LogP contribution in [0.25, 0.3) is 0 Å². The molecule has 1 heterocycles. The third-order valence-corrected chi connectivity index (χ3v) is 4.62. The molecule has 1 aromatic carbocycles. The molecule has 1 aliphatic rings. The predicted octanol–water partition coefficient (Wildman–Crippen LogP) is 4.48. The molecule has 2 aromatic rings. The number of hydrogen-bond acceptors (Lipinski definition) is 5. The molecule has 0 atom stereocenters. The monoisotopic (exact) mass is 378 g/mol. The summed E-state index contributed by atoms with van der Waals surface area (Å²) in [6, 6.07) is 7.44. The van der Waals surface area contributed by atoms with Crippen molar-refractivity contribution in [3.8, 4) is 5.75 Å². The molecule has 3 rings (SSSR count). The van der Waals surface area contributed by atoms with Crippen molar-refractivity contribution in [2.45, 2.75) is 44.8 Å². The number of nitro groups is 1. The minimum Gasteiger partial charge on any atom is -0.484 e. The molecule has 8 heteroatoms. The Kier molecular flexibility index (Phi) is 5.78. The van der Waals surface area contributed by atoms with Crippen molar-refractivity contribution in [2.75, 3.05) is 0 Å². The molecule has 1 aromatic heterocycles. The molecule has 0 aliphatic heterocycles. The summed E-state index contributed by atoms with van der Waals surface area (Å²) in [5, 5.41) is 13.8. The van der Waals surface area contributed by atoms with Crippen molar-refractivity contribution >= 4 is 23.2 Å². The lowest BCUT2D eigenvalue weighted by molar-refractivity contribution is -0.384. The van der Waals surface area contributed by atoms with E-state index in [1.807, 2.05) is 0 Å². The van der Waals surface area contributed by atoms with Crippen LogP contribution in [-0.2, 0) is 6.61 Å². The summed E-state index contributed by atoms with van der Waals surface area (Å²) in [7, 11) is 0. The second-order valence-electron chi connectivity index (χ2n) is 6.23. The number of carbonyl (C=O) groups excluding carboxylic acids is 1. The Morgan fingerprint density at radius 3 is 2.73 bits per heavy atom. The summed E-state index contributed by atoms with van der Waals surface area (Å²) in [5.74, 6) is 0.788. The lowest BCUT2D eigenvalue weighted by atomic mass is 9.95. The first-order valence-electron chi connectivity index (χ1n) is 8.49. The van der Waals surface area contributed by atoms with Gasteiger partial charge < -0.3 is 14.5 Å². The van der Waals surface area contributed by atoms with Gasteiger partial charge in [0.05, 0.1) is 9.95 Å². The van der Waals surface area contributed by atoms with Gasteiger partial charge in [0.25, 0.3) is 11.6 Å². The van der Waals surface area contributed by atoms with E-state index >= 15 is 0 Å². The normalized spacial score (nSPS) is 14.8. The number of nitrogens with zero attached hydrogens (tertiary/aromatic N) is 1. The number of ether oxygens (including phenoxy) is 1. The smallest absolute Gasteiger partial charge is 0.287 e. The van der Waals surface area contributed by atoms with Crippen LogP contribution in [0.1, 0.15) is 48.4 Å². The van der Waals surface area contributed by atoms with Crippen LogP contribution in [0.4, 0.5) is 5.69 Å². The summed E-state index contributed by atoms with van der Waals surface area (Å²) in [6.07, 6.45) is 5.50. The molecule has 1 saturated carbocycles. The van der Waals surface area contributed by atoms with E-state index < -0.39 is 4.92 Å². The van der Waals surface area contributed by atoms with Gasteiger partial charge in [-0.25, -0.2) is 0 Å². The largest absolute Gasteiger partial charge is 0.484 e. The summed E-state index contributed by atoms with van der Waals surface area (Å²) < 4.78 is 11.0. The second kappa shape index (κ2) is 8.23. The summed E-state index contributed by atoms with van der Waals surface area (Å²) >= 11 is 5.98. The van der Waals surface area contributed by atoms with Crippen molar-refractivity contribution < 1.29 is 18.9 Å². The maximum Gasteiger partial charge on any atom is 0.287 e. The van der Waals surface area contributed by atoms with Crippen LogP contribution in [0, 0.1) is 10.1 Å². The predicted molar refractivity (Wildman–Crippen MR) is 95.5 cm³/mol. The molecular weight excluding hydrogens is 360 g/mol. The van der Waals surface area contributed by atoms with Gasteiger partial charge in [-0.2, -0.15) is 0 Å². The Labute approximate surface area is 155 Å². The zero-order valence-corrected chi connectivity index (χ0v) is 14.8. The third kappa shape index (κ3) is 4.54. The second-order valence-corrected chi connectivity index (χ2v) is 6.64. The van der Waals surface area contributed by atoms with Crippen molar-refractivity contribution in [2.24, 2.45) is 0 Å². The number of furan rings is 1. The highest BCUT2D eigenvalue weighted by Gasteiger charge is 2.19. The highest BCUT2D eigenvalue weighted by atomic mass is 35.5. The Balaban J connectivity index is 1.56. The molecule has 7 nitrogen and oxygen atoms in total. The fourth-order valence-corrected chi connectivity index (χ4v) is 3.18. The number of non-ortho nitro benzene ring substituents is 1. The Morgan fingerprint density at radius 1 is 1.27 bits per heavy atom. The van der Waals surface area contributed by atoms with Gasteiger partial charge in [-0.15, -0.1) is 0 Å². The third-order valence-electron chi connectivity index (χ3n) is 4.32. The SMILES string of the molecule is O=C(NC1CCCCC1)c1ccc(COc2ccc([N+](=O)[O-])cc2Cl)o1. The first kappa shape index (κ1) is 18.3. The average molecular weight is 379 g/mol. The zero-order chi connectivity index (χ0) is 18.5. The number of benzene rings is 1. The number of halogens is 1. The van der Waals surface area contributed by atoms with Gasteiger partial charge in [-0.05, 0) is 31.0 Å². The highest BCUT2D eigenvalue weighted by Crippen LogP contribution is 2.29. The molecule has 1 aliphatic carbocycles. The summed E-state index contributed by atoms with van der Waals surface area (Å²) in [4.78, 5) is 22.4. The number of rotatable bonds is 6. The van der Waals surface area contributed by atoms with Crippen molar-refractivity contribution in [3.05, 3.63) is 57.0 Å². The first-order chi connectivity index (χ1) is 12.5. The molecule has 138 valence electrons. The zero-order valence-electron chi connectivity index (χ0n) is 14.1. The maximum atomic E-state index is 12.2. The Hall–Kier alpha value is -2.54. The number of carbonyl (C=O) groups is 1. The molecule has 1 N–H and O–H groups in total. The fraction of sp³-hybridized carbons (Fsp3) is 0.389. The minimum absolute atomic E-state index is 0.0637. The molecule has 0 radical (unpaired) electrons. The van der Waals surface area contributed by atoms with E-state index in [-0.39, 0.29) is 35.0 Å². The molecular formula is C18H19ClN2O5. The quantitative estimate of drug-likeness (QED) is 0.590. The number of nitrogens with one attached hydrogen (secondary N) is 1. The van der Waals surface area contributed by atoms with Crippen molar-refractivity contribution in [1.29, 1.82) is 0 Å². The van der Waals surface area contributed by atoms with Crippen LogP contribution in [0.15, 0.2) is 34.7 Å². The lowest BCUT2D eigenvalue weighted by Crippen LogP contribution is -2.35. The molecule has 0 saturated heterocycles. The lowest BCUT2D eigenvalue weighted by Gasteiger charge is -2.22. The van der Waals surface area contributed by atoms with E-state index in [4.69, 9.17) is 20.8 Å². The van der Waals surface area contributed by atoms with Crippen LogP contribution in [0.3, 0.4) is 0 Å². The van der Waals surface area contributed by atoms with Gasteiger partial charge in [0, 0.05) is 18.2 Å². The van der Waals surface area contributed by atoms with E-state index in [1.54, 1.807) is 12.1 Å². The van der Waals surface area contributed by atoms with E-state index in [0.29, 0.717) is 11.5 Å². The van der Waals surface area contributed by atoms with Crippen molar-refractivity contribution in [3.63, 3.8) is 0 Å². The van der Waals surface area contributed by atoms with Crippen LogP contribution < -0.4 is 10.1 Å². The van der Waals surface area contributed by atoms with Gasteiger partial charge >= 0.3 is 0 Å². The molecule has 0 spiro atoms. The molecule has 1 fully saturated rings. The fourth-order valence-electron chi connectivity index (χ4n) is 2.95. The number of hydrogen-bond donors (Lipinski definition) is 1. The van der Waals surface area contributed by atoms with Gasteiger partial charge in [-0.1, -0.05) is 30.9 Å². The summed E-state index contributed by atoms with van der Waals surface area (Å²) in [5.41, 5.74) is -0.109. The first-order valence-corrected chi connectivity index (χ1v) is 8.87. The highest BCUT2D eigenvalue weighted by molar-refractivity contribution is 6.32. The van der Waals surface area contributed by atoms with E-state index in [0.717, 1.165) is 25.7 Å². The van der Waals surface area contributed by atoms with Gasteiger partial charge in [0.15, 0.2) is 5.76 Å². The standard InChI is InChI=1S/C18H19ClN2O5/c19-15-10-13(21(23)24)6-8-16(15)25-11-14-7-9-17(26-14)18(22)20-12-4-2-1-3-5-12/h6-10,12H,1-5,11H2,(H,20,22). The van der Waals surface area contributed by atoms with E-state index in [2.05, 4.69) is 5.32 Å². The average Bonchev–Trinajstić information content (AvgIpc) is 3.10. The van der Waals surface area contributed by atoms with Crippen LogP contribution >= 0.6 is 11.6 Å². The van der Waals surface area contributed by atoms with Gasteiger partial charge in [0.1, 0.15) is 18.1 Å². The van der Waals surface area contributed by atoms with Crippen LogP contribution in [0.5, 0.6) is 5.75 Å². The minimum atomic E-state index is -0.528. The van der Waals surface area contributed by atoms with E-state index in [9.17, 15) is 14.9 Å². The summed E-state index contributed by atoms with van der Waals surface area (Å²) in [6.45, 7) is 0.0637. The number of nitro benzene ring substituents is 1. The van der Waals surface area contributed by atoms with Gasteiger partial charge in [0.2, 0.25) is 0 Å². The Morgan fingerprint density at radius 2 is 2.04 bits per heavy atom. The maximum absolute atomic E-state index is 12.2. The number of amides is 1. The van der Waals surface area contributed by atoms with Crippen LogP contribution in [-0.4, -0.2) is 16.9 Å². The van der Waals surface area contributed by atoms with Gasteiger partial charge in [-0.3, -0.25) is 14.9 Å². The molecule has 0 unspecified atom stereocenters. The van der Waals surface area contributed by atoms with Crippen molar-refractivity contribution in [1.82, 2.24) is 5.32 Å². The molecule has 1 amide bonds. The Bertz CT molecular complexity index is 799. The molecule has 26 heavy (non-hydrogen) atoms.